The van der Waals surface area contributed by atoms with E-state index in [0.29, 0.717) is 30.7 Å². The zero-order valence-electron chi connectivity index (χ0n) is 32.0. The van der Waals surface area contributed by atoms with Crippen LogP contribution < -0.4 is 28.1 Å². The number of pyridine rings is 2. The summed E-state index contributed by atoms with van der Waals surface area (Å²) >= 11 is 3.59. The Labute approximate surface area is 333 Å². The average Bonchev–Trinajstić information content (AvgIpc) is 3.52. The summed E-state index contributed by atoms with van der Waals surface area (Å²) in [6.45, 7) is 5.44. The Morgan fingerprint density at radius 1 is 1.11 bits per heavy atom. The fourth-order valence-electron chi connectivity index (χ4n) is 8.49. The molecule has 1 aliphatic carbocycles. The molecular formula is C40H50BrN7O8. The number of halogens is 1. The van der Waals surface area contributed by atoms with Crippen LogP contribution in [0.1, 0.15) is 95.2 Å². The van der Waals surface area contributed by atoms with Crippen LogP contribution in [0.2, 0.25) is 0 Å². The van der Waals surface area contributed by atoms with E-state index in [9.17, 15) is 28.8 Å². The van der Waals surface area contributed by atoms with Crippen LogP contribution in [-0.2, 0) is 47.4 Å². The predicted octanol–water partition coefficient (Wildman–Crippen LogP) is 3.85. The summed E-state index contributed by atoms with van der Waals surface area (Å²) in [6, 6.07) is 6.65. The van der Waals surface area contributed by atoms with E-state index < -0.39 is 52.9 Å². The number of amides is 4. The van der Waals surface area contributed by atoms with Gasteiger partial charge < -0.3 is 41.5 Å². The van der Waals surface area contributed by atoms with Gasteiger partial charge in [-0.3, -0.25) is 19.2 Å². The number of aromatic nitrogens is 2. The van der Waals surface area contributed by atoms with Gasteiger partial charge in [0.2, 0.25) is 17.4 Å². The molecule has 300 valence electrons. The zero-order chi connectivity index (χ0) is 40.5. The first-order valence-corrected chi connectivity index (χ1v) is 20.0. The summed E-state index contributed by atoms with van der Waals surface area (Å²) in [6.07, 6.45) is 3.68. The Morgan fingerprint density at radius 3 is 2.50 bits per heavy atom. The van der Waals surface area contributed by atoms with Gasteiger partial charge in [0.15, 0.2) is 0 Å². The number of urea groups is 1. The van der Waals surface area contributed by atoms with Crippen molar-refractivity contribution < 1.29 is 33.4 Å². The Bertz CT molecular complexity index is 2130. The molecule has 3 aromatic rings. The van der Waals surface area contributed by atoms with Gasteiger partial charge in [0.05, 0.1) is 41.5 Å². The molecule has 15 nitrogen and oxygen atoms in total. The largest absolute Gasteiger partial charge is 0.457 e. The second kappa shape index (κ2) is 16.3. The van der Waals surface area contributed by atoms with Crippen LogP contribution >= 0.6 is 15.9 Å². The molecule has 16 heteroatoms. The highest BCUT2D eigenvalue weighted by atomic mass is 79.9. The third-order valence-corrected chi connectivity index (χ3v) is 12.3. The standard InChI is InChI=1S/C40H50BrN7O8/c1-4-40(26-17-30-33-23(16-24-27(41)10-8-11-28(24)46-33)19-47(30)35(51)25(26)20-55-37(40)53)56-31(49)18-39(13-6-5-7-14-39)21-48(36(52)32(42)22(2)3)29(34(43)50)12-9-15-45-38(44)54/h8,10-11,16-17,22,29,32H,4-7,9,12-15,18-21,42H2,1-3H3,(H2,43,50)(H3,44,45,54)/t29-,32-,40-/m0/s1. The molecule has 2 aromatic heterocycles. The Balaban J connectivity index is 1.34. The molecule has 0 spiro atoms. The number of carbonyl (C=O) groups excluding carboxylic acids is 5. The second-order valence-electron chi connectivity index (χ2n) is 15.7. The SMILES string of the molecule is CC[C@@]1(OC(=O)CC2(CN(C(=O)[C@@H](N)C(C)C)[C@@H](CCCNC(N)=O)C(N)=O)CCCCC2)C(=O)OCc2c1cc1n(c2=O)Cc2cc3c(Br)cccc3nc2-1. The van der Waals surface area contributed by atoms with Gasteiger partial charge in [-0.2, -0.15) is 0 Å². The minimum Gasteiger partial charge on any atom is -0.457 e. The summed E-state index contributed by atoms with van der Waals surface area (Å²) in [5.41, 5.74) is 17.5. The van der Waals surface area contributed by atoms with Gasteiger partial charge in [-0.25, -0.2) is 14.6 Å². The molecule has 7 N–H and O–H groups in total. The van der Waals surface area contributed by atoms with Gasteiger partial charge in [-0.05, 0) is 67.7 Å². The van der Waals surface area contributed by atoms with E-state index in [1.54, 1.807) is 31.4 Å². The fraction of sp³-hybridized carbons (Fsp3) is 0.525. The van der Waals surface area contributed by atoms with Crippen molar-refractivity contribution in [3.05, 3.63) is 61.8 Å². The first kappa shape index (κ1) is 40.8. The maximum atomic E-state index is 14.4. The number of nitrogens with two attached hydrogens (primary N) is 3. The molecule has 1 fully saturated rings. The lowest BCUT2D eigenvalue weighted by molar-refractivity contribution is -0.191. The number of cyclic esters (lactones) is 1. The molecule has 0 unspecified atom stereocenters. The third kappa shape index (κ3) is 7.77. The van der Waals surface area contributed by atoms with Crippen LogP contribution in [-0.4, -0.2) is 69.4 Å². The van der Waals surface area contributed by atoms with E-state index in [1.807, 2.05) is 24.3 Å². The summed E-state index contributed by atoms with van der Waals surface area (Å²) in [5, 5.41) is 3.39. The van der Waals surface area contributed by atoms with Crippen molar-refractivity contribution in [2.24, 2.45) is 28.5 Å². The van der Waals surface area contributed by atoms with Gasteiger partial charge in [-0.1, -0.05) is 62.0 Å². The zero-order valence-corrected chi connectivity index (χ0v) is 33.6. The van der Waals surface area contributed by atoms with Crippen LogP contribution in [0.3, 0.4) is 0 Å². The van der Waals surface area contributed by atoms with Crippen molar-refractivity contribution in [2.45, 2.75) is 109 Å². The smallest absolute Gasteiger partial charge is 0.355 e. The Hall–Kier alpha value is -4.83. The summed E-state index contributed by atoms with van der Waals surface area (Å²) in [5.74, 6) is -2.99. The number of benzene rings is 1. The van der Waals surface area contributed by atoms with Gasteiger partial charge in [0.25, 0.3) is 5.56 Å². The predicted molar refractivity (Wildman–Crippen MR) is 211 cm³/mol. The summed E-state index contributed by atoms with van der Waals surface area (Å²) < 4.78 is 14.3. The van der Waals surface area contributed by atoms with Crippen LogP contribution in [0.5, 0.6) is 0 Å². The van der Waals surface area contributed by atoms with E-state index >= 15 is 0 Å². The summed E-state index contributed by atoms with van der Waals surface area (Å²) in [4.78, 5) is 87.0. The molecule has 1 saturated carbocycles. The topological polar surface area (TPSA) is 232 Å². The second-order valence-corrected chi connectivity index (χ2v) is 16.5. The van der Waals surface area contributed by atoms with Crippen LogP contribution in [0.25, 0.3) is 22.3 Å². The van der Waals surface area contributed by atoms with Gasteiger partial charge in [0.1, 0.15) is 12.6 Å². The molecule has 0 saturated heterocycles. The number of nitrogens with zero attached hydrogens (tertiary/aromatic N) is 3. The fourth-order valence-corrected chi connectivity index (χ4v) is 8.96. The van der Waals surface area contributed by atoms with E-state index in [-0.39, 0.29) is 68.1 Å². The van der Waals surface area contributed by atoms with Crippen LogP contribution in [0, 0.1) is 11.3 Å². The molecule has 56 heavy (non-hydrogen) atoms. The lowest BCUT2D eigenvalue weighted by atomic mass is 9.71. The van der Waals surface area contributed by atoms with Crippen LogP contribution in [0.4, 0.5) is 4.79 Å². The number of carbonyl (C=O) groups is 5. The third-order valence-electron chi connectivity index (χ3n) is 11.6. The number of nitrogens with one attached hydrogen (secondary N) is 1. The van der Waals surface area contributed by atoms with E-state index in [4.69, 9.17) is 31.7 Å². The lowest BCUT2D eigenvalue weighted by Crippen LogP contribution is -2.58. The van der Waals surface area contributed by atoms with E-state index in [0.717, 1.165) is 40.2 Å². The first-order valence-electron chi connectivity index (χ1n) is 19.2. The van der Waals surface area contributed by atoms with Crippen molar-refractivity contribution in [3.63, 3.8) is 0 Å². The number of esters is 2. The highest BCUT2D eigenvalue weighted by Gasteiger charge is 2.52. The van der Waals surface area contributed by atoms with Gasteiger partial charge in [-0.15, -0.1) is 0 Å². The lowest BCUT2D eigenvalue weighted by Gasteiger charge is -2.44. The summed E-state index contributed by atoms with van der Waals surface area (Å²) in [7, 11) is 0. The average molecular weight is 837 g/mol. The monoisotopic (exact) mass is 835 g/mol. The number of rotatable bonds is 14. The minimum atomic E-state index is -1.92. The highest BCUT2D eigenvalue weighted by Crippen LogP contribution is 2.45. The molecule has 2 aliphatic heterocycles. The first-order chi connectivity index (χ1) is 26.6. The number of hydrogen-bond donors (Lipinski definition) is 4. The molecule has 1 aromatic carbocycles. The highest BCUT2D eigenvalue weighted by molar-refractivity contribution is 9.10. The maximum absolute atomic E-state index is 14.4. The van der Waals surface area contributed by atoms with E-state index in [2.05, 4.69) is 21.2 Å². The quantitative estimate of drug-likeness (QED) is 0.106. The van der Waals surface area contributed by atoms with E-state index in [1.165, 1.54) is 4.90 Å². The van der Waals surface area contributed by atoms with Crippen molar-refractivity contribution in [1.82, 2.24) is 19.8 Å². The molecule has 6 rings (SSSR count). The number of fused-ring (bicyclic) bond motifs is 5. The molecular weight excluding hydrogens is 786 g/mol. The van der Waals surface area contributed by atoms with Crippen molar-refractivity contribution >= 4 is 56.6 Å². The normalized spacial score (nSPS) is 19.3. The molecule has 3 aliphatic rings. The molecule has 3 atom stereocenters. The Kier molecular flexibility index (Phi) is 11.9. The van der Waals surface area contributed by atoms with Crippen molar-refractivity contribution in [1.29, 1.82) is 0 Å². The number of hydrogen-bond acceptors (Lipinski definition) is 10. The number of ether oxygens (including phenoxy) is 2. The molecule has 4 heterocycles. The van der Waals surface area contributed by atoms with Crippen LogP contribution in [0.15, 0.2) is 39.6 Å². The minimum absolute atomic E-state index is 0.0115. The molecule has 0 bridgehead atoms. The molecule has 0 radical (unpaired) electrons. The molecule has 4 amide bonds. The van der Waals surface area contributed by atoms with Crippen molar-refractivity contribution in [2.75, 3.05) is 13.1 Å². The number of primary amides is 2. The van der Waals surface area contributed by atoms with Crippen molar-refractivity contribution in [3.8, 4) is 11.4 Å². The van der Waals surface area contributed by atoms with Gasteiger partial charge >= 0.3 is 18.0 Å². The Morgan fingerprint density at radius 2 is 1.84 bits per heavy atom. The van der Waals surface area contributed by atoms with Gasteiger partial charge in [0, 0.05) is 34.1 Å². The maximum Gasteiger partial charge on any atom is 0.355 e.